The molecule has 1 amide bonds. The Morgan fingerprint density at radius 1 is 1.47 bits per heavy atom. The Kier molecular flexibility index (Phi) is 3.62. The van der Waals surface area contributed by atoms with Crippen LogP contribution in [0.15, 0.2) is 0 Å². The summed E-state index contributed by atoms with van der Waals surface area (Å²) in [7, 11) is 0. The first kappa shape index (κ1) is 10.9. The van der Waals surface area contributed by atoms with Gasteiger partial charge in [0.2, 0.25) is 5.91 Å². The highest BCUT2D eigenvalue weighted by Crippen LogP contribution is 2.29. The average Bonchev–Trinajstić information content (AvgIpc) is 2.22. The van der Waals surface area contributed by atoms with Crippen molar-refractivity contribution in [1.29, 1.82) is 0 Å². The number of rotatable bonds is 2. The van der Waals surface area contributed by atoms with Crippen LogP contribution in [0.1, 0.15) is 32.6 Å². The summed E-state index contributed by atoms with van der Waals surface area (Å²) in [6.45, 7) is 5.76. The number of hydrogen-bond donors (Lipinski definition) is 1. The van der Waals surface area contributed by atoms with Crippen molar-refractivity contribution >= 4 is 5.91 Å². The van der Waals surface area contributed by atoms with Crippen LogP contribution in [0, 0.1) is 11.8 Å². The summed E-state index contributed by atoms with van der Waals surface area (Å²) >= 11 is 0. The van der Waals surface area contributed by atoms with E-state index in [4.69, 9.17) is 0 Å². The summed E-state index contributed by atoms with van der Waals surface area (Å²) in [6.07, 6.45) is 5.37. The zero-order valence-corrected chi connectivity index (χ0v) is 9.67. The lowest BCUT2D eigenvalue weighted by Gasteiger charge is -2.34. The quantitative estimate of drug-likeness (QED) is 0.744. The van der Waals surface area contributed by atoms with E-state index in [-0.39, 0.29) is 0 Å². The molecule has 1 aliphatic heterocycles. The van der Waals surface area contributed by atoms with E-state index < -0.39 is 0 Å². The van der Waals surface area contributed by atoms with Crippen molar-refractivity contribution in [2.75, 3.05) is 26.2 Å². The standard InChI is InChI=1S/C12H22N2O/c1-10-3-2-4-11(7-10)9-14-6-5-13-8-12(14)15/h10-11,13H,2-9H2,1H3. The first-order chi connectivity index (χ1) is 7.25. The van der Waals surface area contributed by atoms with Crippen molar-refractivity contribution in [2.45, 2.75) is 32.6 Å². The van der Waals surface area contributed by atoms with Gasteiger partial charge in [-0.2, -0.15) is 0 Å². The molecule has 2 unspecified atom stereocenters. The smallest absolute Gasteiger partial charge is 0.236 e. The Hall–Kier alpha value is -0.570. The molecule has 2 rings (SSSR count). The molecule has 2 aliphatic rings. The van der Waals surface area contributed by atoms with Crippen LogP contribution in [0.2, 0.25) is 0 Å². The van der Waals surface area contributed by atoms with Gasteiger partial charge in [0.1, 0.15) is 0 Å². The number of carbonyl (C=O) groups is 1. The molecule has 1 saturated carbocycles. The maximum absolute atomic E-state index is 11.6. The molecule has 3 nitrogen and oxygen atoms in total. The van der Waals surface area contributed by atoms with Gasteiger partial charge < -0.3 is 10.2 Å². The molecule has 1 saturated heterocycles. The van der Waals surface area contributed by atoms with E-state index in [1.807, 2.05) is 0 Å². The molecule has 0 aromatic rings. The second-order valence-electron chi connectivity index (χ2n) is 5.15. The fourth-order valence-electron chi connectivity index (χ4n) is 2.88. The lowest BCUT2D eigenvalue weighted by Crippen LogP contribution is -2.49. The molecule has 2 fully saturated rings. The summed E-state index contributed by atoms with van der Waals surface area (Å²) in [5.41, 5.74) is 0. The third-order valence-corrected chi connectivity index (χ3v) is 3.71. The number of piperazine rings is 1. The van der Waals surface area contributed by atoms with Crippen LogP contribution in [0.3, 0.4) is 0 Å². The second-order valence-corrected chi connectivity index (χ2v) is 5.15. The Balaban J connectivity index is 1.81. The summed E-state index contributed by atoms with van der Waals surface area (Å²) in [4.78, 5) is 13.7. The minimum Gasteiger partial charge on any atom is -0.340 e. The van der Waals surface area contributed by atoms with E-state index in [0.717, 1.165) is 31.5 Å². The third kappa shape index (κ3) is 2.94. The largest absolute Gasteiger partial charge is 0.340 e. The maximum Gasteiger partial charge on any atom is 0.236 e. The minimum absolute atomic E-state index is 0.291. The van der Waals surface area contributed by atoms with Crippen molar-refractivity contribution in [3.05, 3.63) is 0 Å². The van der Waals surface area contributed by atoms with Crippen LogP contribution in [0.4, 0.5) is 0 Å². The fraction of sp³-hybridized carbons (Fsp3) is 0.917. The number of hydrogen-bond acceptors (Lipinski definition) is 2. The molecule has 0 radical (unpaired) electrons. The van der Waals surface area contributed by atoms with Crippen LogP contribution in [0.5, 0.6) is 0 Å². The number of nitrogens with zero attached hydrogens (tertiary/aromatic N) is 1. The number of carbonyl (C=O) groups excluding carboxylic acids is 1. The van der Waals surface area contributed by atoms with Crippen molar-refractivity contribution in [2.24, 2.45) is 11.8 Å². The van der Waals surface area contributed by atoms with Gasteiger partial charge >= 0.3 is 0 Å². The zero-order chi connectivity index (χ0) is 10.7. The highest BCUT2D eigenvalue weighted by molar-refractivity contribution is 5.78. The molecule has 0 spiro atoms. The van der Waals surface area contributed by atoms with Crippen molar-refractivity contribution in [1.82, 2.24) is 10.2 Å². The first-order valence-corrected chi connectivity index (χ1v) is 6.24. The Bertz CT molecular complexity index is 230. The van der Waals surface area contributed by atoms with E-state index >= 15 is 0 Å². The van der Waals surface area contributed by atoms with Gasteiger partial charge in [-0.15, -0.1) is 0 Å². The normalized spacial score (nSPS) is 33.1. The molecular formula is C12H22N2O. The Morgan fingerprint density at radius 2 is 2.33 bits per heavy atom. The van der Waals surface area contributed by atoms with Gasteiger partial charge in [0.25, 0.3) is 0 Å². The fourth-order valence-corrected chi connectivity index (χ4v) is 2.88. The zero-order valence-electron chi connectivity index (χ0n) is 9.67. The molecular weight excluding hydrogens is 188 g/mol. The van der Waals surface area contributed by atoms with E-state index in [0.29, 0.717) is 12.5 Å². The minimum atomic E-state index is 0.291. The van der Waals surface area contributed by atoms with Crippen molar-refractivity contribution < 1.29 is 4.79 Å². The third-order valence-electron chi connectivity index (χ3n) is 3.71. The molecule has 1 aliphatic carbocycles. The molecule has 1 N–H and O–H groups in total. The van der Waals surface area contributed by atoms with E-state index in [1.165, 1.54) is 25.7 Å². The predicted molar refractivity (Wildman–Crippen MR) is 60.6 cm³/mol. The van der Waals surface area contributed by atoms with Gasteiger partial charge in [0.15, 0.2) is 0 Å². The number of amides is 1. The van der Waals surface area contributed by atoms with Crippen LogP contribution in [-0.2, 0) is 4.79 Å². The maximum atomic E-state index is 11.6. The molecule has 0 aromatic heterocycles. The SMILES string of the molecule is CC1CCCC(CN2CCNCC2=O)C1. The van der Waals surface area contributed by atoms with Crippen LogP contribution < -0.4 is 5.32 Å². The van der Waals surface area contributed by atoms with Crippen molar-refractivity contribution in [3.63, 3.8) is 0 Å². The van der Waals surface area contributed by atoms with Gasteiger partial charge in [-0.1, -0.05) is 19.8 Å². The summed E-state index contributed by atoms with van der Waals surface area (Å²) in [5, 5.41) is 3.12. The Morgan fingerprint density at radius 3 is 3.07 bits per heavy atom. The molecule has 86 valence electrons. The predicted octanol–water partition coefficient (Wildman–Crippen LogP) is 1.24. The van der Waals surface area contributed by atoms with Gasteiger partial charge in [-0.25, -0.2) is 0 Å². The van der Waals surface area contributed by atoms with E-state index in [1.54, 1.807) is 0 Å². The number of nitrogens with one attached hydrogen (secondary N) is 1. The molecule has 1 heterocycles. The summed E-state index contributed by atoms with van der Waals surface area (Å²) in [6, 6.07) is 0. The molecule has 3 heteroatoms. The summed E-state index contributed by atoms with van der Waals surface area (Å²) < 4.78 is 0. The molecule has 2 atom stereocenters. The highest BCUT2D eigenvalue weighted by Gasteiger charge is 2.24. The molecule has 0 bridgehead atoms. The molecule has 15 heavy (non-hydrogen) atoms. The topological polar surface area (TPSA) is 32.3 Å². The monoisotopic (exact) mass is 210 g/mol. The van der Waals surface area contributed by atoms with Gasteiger partial charge in [-0.3, -0.25) is 4.79 Å². The van der Waals surface area contributed by atoms with Gasteiger partial charge in [-0.05, 0) is 24.7 Å². The van der Waals surface area contributed by atoms with Crippen LogP contribution >= 0.6 is 0 Å². The highest BCUT2D eigenvalue weighted by atomic mass is 16.2. The van der Waals surface area contributed by atoms with Gasteiger partial charge in [0.05, 0.1) is 6.54 Å². The van der Waals surface area contributed by atoms with E-state index in [2.05, 4.69) is 17.1 Å². The Labute approximate surface area is 92.2 Å². The first-order valence-electron chi connectivity index (χ1n) is 6.24. The lowest BCUT2D eigenvalue weighted by atomic mass is 9.82. The second kappa shape index (κ2) is 4.97. The van der Waals surface area contributed by atoms with E-state index in [9.17, 15) is 4.79 Å². The van der Waals surface area contributed by atoms with Gasteiger partial charge in [0, 0.05) is 19.6 Å². The summed E-state index contributed by atoms with van der Waals surface area (Å²) in [5.74, 6) is 1.91. The van der Waals surface area contributed by atoms with Crippen molar-refractivity contribution in [3.8, 4) is 0 Å². The van der Waals surface area contributed by atoms with Crippen LogP contribution in [0.25, 0.3) is 0 Å². The lowest BCUT2D eigenvalue weighted by molar-refractivity contribution is -0.132. The average molecular weight is 210 g/mol. The van der Waals surface area contributed by atoms with Crippen LogP contribution in [-0.4, -0.2) is 37.0 Å². The molecule has 0 aromatic carbocycles.